The van der Waals surface area contributed by atoms with Gasteiger partial charge < -0.3 is 4.74 Å². The number of carbonyl (C=O) groups excluding carboxylic acids is 1. The van der Waals surface area contributed by atoms with Gasteiger partial charge in [-0.15, -0.1) is 0 Å². The molecule has 0 aliphatic heterocycles. The highest BCUT2D eigenvalue weighted by molar-refractivity contribution is 5.69. The van der Waals surface area contributed by atoms with Crippen molar-refractivity contribution in [3.8, 4) is 0 Å². The second-order valence-corrected chi connectivity index (χ2v) is 4.03. The van der Waals surface area contributed by atoms with Gasteiger partial charge in [-0.1, -0.05) is 63.4 Å². The van der Waals surface area contributed by atoms with Crippen LogP contribution in [0.25, 0.3) is 0 Å². The largest absolute Gasteiger partial charge is 0.466 e. The number of aryl methyl sites for hydroxylation is 1. The maximum absolute atomic E-state index is 11.0. The van der Waals surface area contributed by atoms with Crippen LogP contribution < -0.4 is 0 Å². The molecule has 0 bridgehead atoms. The Morgan fingerprint density at radius 1 is 1.27 bits per heavy atom. The molecular formula is C19H29NO2. The Kier molecular flexibility index (Phi) is 17.0. The molecule has 0 saturated carbocycles. The molecule has 0 spiro atoms. The van der Waals surface area contributed by atoms with Crippen LogP contribution in [-0.4, -0.2) is 25.8 Å². The van der Waals surface area contributed by atoms with E-state index in [2.05, 4.69) is 24.9 Å². The van der Waals surface area contributed by atoms with Gasteiger partial charge in [0.1, 0.15) is 0 Å². The number of hydrogen-bond acceptors (Lipinski definition) is 3. The molecule has 0 heterocycles. The maximum atomic E-state index is 11.0. The molecule has 3 nitrogen and oxygen atoms in total. The Morgan fingerprint density at radius 3 is 2.27 bits per heavy atom. The molecule has 0 unspecified atom stereocenters. The van der Waals surface area contributed by atoms with Crippen molar-refractivity contribution in [2.75, 3.05) is 13.2 Å². The zero-order valence-corrected chi connectivity index (χ0v) is 14.2. The third-order valence-corrected chi connectivity index (χ3v) is 2.37. The molecule has 1 aromatic carbocycles. The number of esters is 1. The molecule has 0 N–H and O–H groups in total. The van der Waals surface area contributed by atoms with E-state index in [9.17, 15) is 4.79 Å². The van der Waals surface area contributed by atoms with Crippen LogP contribution in [0.4, 0.5) is 0 Å². The molecule has 3 heteroatoms. The summed E-state index contributed by atoms with van der Waals surface area (Å²) in [4.78, 5) is 14.6. The molecule has 0 atom stereocenters. The summed E-state index contributed by atoms with van der Waals surface area (Å²) in [5.74, 6) is -0.119. The fourth-order valence-corrected chi connectivity index (χ4v) is 1.33. The monoisotopic (exact) mass is 303 g/mol. The first kappa shape index (κ1) is 22.1. The van der Waals surface area contributed by atoms with Crippen molar-refractivity contribution >= 4 is 12.7 Å². The molecular weight excluding hydrogens is 274 g/mol. The Bertz CT molecular complexity index is 424. The van der Waals surface area contributed by atoms with Crippen LogP contribution in [0, 0.1) is 0 Å². The maximum Gasteiger partial charge on any atom is 0.306 e. The van der Waals surface area contributed by atoms with Crippen molar-refractivity contribution < 1.29 is 9.53 Å². The molecule has 0 fully saturated rings. The highest BCUT2D eigenvalue weighted by Gasteiger charge is 2.01. The molecule has 1 rings (SSSR count). The van der Waals surface area contributed by atoms with Crippen molar-refractivity contribution in [3.63, 3.8) is 0 Å². The smallest absolute Gasteiger partial charge is 0.306 e. The first-order valence-corrected chi connectivity index (χ1v) is 7.56. The van der Waals surface area contributed by atoms with Crippen molar-refractivity contribution in [2.45, 2.75) is 33.6 Å². The van der Waals surface area contributed by atoms with Crippen molar-refractivity contribution in [1.29, 1.82) is 0 Å². The fourth-order valence-electron chi connectivity index (χ4n) is 1.33. The minimum atomic E-state index is -0.119. The Morgan fingerprint density at radius 2 is 1.86 bits per heavy atom. The average molecular weight is 303 g/mol. The van der Waals surface area contributed by atoms with Crippen molar-refractivity contribution in [1.82, 2.24) is 0 Å². The molecule has 0 aromatic heterocycles. The lowest BCUT2D eigenvalue weighted by Gasteiger charge is -2.01. The predicted octanol–water partition coefficient (Wildman–Crippen LogP) is 4.64. The van der Waals surface area contributed by atoms with Crippen LogP contribution in [0.5, 0.6) is 0 Å². The highest BCUT2D eigenvalue weighted by Crippen LogP contribution is 2.02. The van der Waals surface area contributed by atoms with Gasteiger partial charge in [-0.2, -0.15) is 0 Å². The molecule has 0 amide bonds. The molecule has 22 heavy (non-hydrogen) atoms. The standard InChI is InChI=1S/C11H14O2.C6H9N.C2H6/c1-2-13-11(12)9-8-10-6-4-3-5-7-10;1-4-6(2)5-7-3;1-2/h3-7H,2,8-9H2,1H3;4H,1-3,5H2;1-2H3. The van der Waals surface area contributed by atoms with E-state index in [0.29, 0.717) is 19.6 Å². The van der Waals surface area contributed by atoms with E-state index in [4.69, 9.17) is 4.74 Å². The Hall–Kier alpha value is -2.16. The lowest BCUT2D eigenvalue weighted by molar-refractivity contribution is -0.143. The zero-order valence-electron chi connectivity index (χ0n) is 14.2. The normalized spacial score (nSPS) is 8.32. The number of rotatable bonds is 7. The van der Waals surface area contributed by atoms with Crippen molar-refractivity contribution in [2.24, 2.45) is 4.99 Å². The van der Waals surface area contributed by atoms with E-state index in [1.807, 2.05) is 51.1 Å². The predicted molar refractivity (Wildman–Crippen MR) is 96.5 cm³/mol. The minimum absolute atomic E-state index is 0.119. The second-order valence-electron chi connectivity index (χ2n) is 4.03. The molecule has 0 aliphatic rings. The number of nitrogens with zero attached hydrogens (tertiary/aromatic N) is 1. The molecule has 0 radical (unpaired) electrons. The third-order valence-electron chi connectivity index (χ3n) is 2.37. The summed E-state index contributed by atoms with van der Waals surface area (Å²) >= 11 is 0. The second kappa shape index (κ2) is 16.9. The summed E-state index contributed by atoms with van der Waals surface area (Å²) in [7, 11) is 0. The molecule has 0 saturated heterocycles. The van der Waals surface area contributed by atoms with Crippen LogP contribution in [-0.2, 0) is 16.0 Å². The van der Waals surface area contributed by atoms with Gasteiger partial charge in [-0.3, -0.25) is 9.79 Å². The average Bonchev–Trinajstić information content (AvgIpc) is 2.57. The van der Waals surface area contributed by atoms with Gasteiger partial charge in [0.15, 0.2) is 0 Å². The van der Waals surface area contributed by atoms with Crippen LogP contribution in [0.15, 0.2) is 60.1 Å². The van der Waals surface area contributed by atoms with Crippen LogP contribution >= 0.6 is 0 Å². The quantitative estimate of drug-likeness (QED) is 0.418. The lowest BCUT2D eigenvalue weighted by Crippen LogP contribution is -2.04. The summed E-state index contributed by atoms with van der Waals surface area (Å²) < 4.78 is 4.82. The summed E-state index contributed by atoms with van der Waals surface area (Å²) in [5, 5.41) is 0. The van der Waals surface area contributed by atoms with E-state index in [-0.39, 0.29) is 5.97 Å². The van der Waals surface area contributed by atoms with E-state index in [1.165, 1.54) is 5.56 Å². The lowest BCUT2D eigenvalue weighted by atomic mass is 10.1. The van der Waals surface area contributed by atoms with Gasteiger partial charge in [-0.25, -0.2) is 0 Å². The van der Waals surface area contributed by atoms with E-state index in [1.54, 1.807) is 6.08 Å². The van der Waals surface area contributed by atoms with E-state index >= 15 is 0 Å². The Labute approximate surface area is 135 Å². The zero-order chi connectivity index (χ0) is 17.2. The Balaban J connectivity index is 0. The van der Waals surface area contributed by atoms with Gasteiger partial charge in [0.2, 0.25) is 0 Å². The van der Waals surface area contributed by atoms with Crippen LogP contribution in [0.3, 0.4) is 0 Å². The van der Waals surface area contributed by atoms with Gasteiger partial charge in [-0.05, 0) is 31.2 Å². The number of aliphatic imine (C=N–C) groups is 1. The number of hydrogen-bond donors (Lipinski definition) is 0. The summed E-state index contributed by atoms with van der Waals surface area (Å²) in [5.41, 5.74) is 2.09. The van der Waals surface area contributed by atoms with Crippen LogP contribution in [0.1, 0.15) is 32.8 Å². The molecule has 0 aliphatic carbocycles. The topological polar surface area (TPSA) is 38.7 Å². The number of carbonyl (C=O) groups is 1. The summed E-state index contributed by atoms with van der Waals surface area (Å²) in [6.45, 7) is 17.3. The molecule has 122 valence electrons. The fraction of sp³-hybridized carbons (Fsp3) is 0.368. The van der Waals surface area contributed by atoms with Crippen LogP contribution in [0.2, 0.25) is 0 Å². The van der Waals surface area contributed by atoms with Gasteiger partial charge in [0.05, 0.1) is 13.2 Å². The third kappa shape index (κ3) is 14.3. The van der Waals surface area contributed by atoms with Crippen molar-refractivity contribution in [3.05, 3.63) is 60.7 Å². The van der Waals surface area contributed by atoms with E-state index in [0.717, 1.165) is 12.0 Å². The first-order valence-electron chi connectivity index (χ1n) is 7.56. The summed E-state index contributed by atoms with van der Waals surface area (Å²) in [6, 6.07) is 9.94. The first-order chi connectivity index (χ1) is 10.6. The van der Waals surface area contributed by atoms with Gasteiger partial charge in [0.25, 0.3) is 0 Å². The van der Waals surface area contributed by atoms with Gasteiger partial charge >= 0.3 is 5.97 Å². The number of ether oxygens (including phenoxy) is 1. The van der Waals surface area contributed by atoms with E-state index < -0.39 is 0 Å². The number of benzene rings is 1. The molecule has 1 aromatic rings. The minimum Gasteiger partial charge on any atom is -0.466 e. The highest BCUT2D eigenvalue weighted by atomic mass is 16.5. The van der Waals surface area contributed by atoms with Gasteiger partial charge in [0, 0.05) is 6.42 Å². The SMILES string of the molecule is C=CC(=C)CN=C.CC.CCOC(=O)CCc1ccccc1. The summed E-state index contributed by atoms with van der Waals surface area (Å²) in [6.07, 6.45) is 2.91.